The molecule has 6 heteroatoms. The number of benzene rings is 3. The summed E-state index contributed by atoms with van der Waals surface area (Å²) in [5.74, 6) is 0.235. The van der Waals surface area contributed by atoms with E-state index in [4.69, 9.17) is 4.74 Å². The zero-order chi connectivity index (χ0) is 26.5. The Morgan fingerprint density at radius 3 is 1.92 bits per heavy atom. The summed E-state index contributed by atoms with van der Waals surface area (Å²) in [6.45, 7) is 6.63. The first kappa shape index (κ1) is 26.4. The average molecular weight is 530 g/mol. The van der Waals surface area contributed by atoms with Crippen LogP contribution in [-0.4, -0.2) is 38.4 Å². The summed E-state index contributed by atoms with van der Waals surface area (Å²) in [7, 11) is -3.70. The molecule has 2 aliphatic rings. The van der Waals surface area contributed by atoms with Gasteiger partial charge in [0, 0.05) is 6.04 Å². The molecule has 38 heavy (non-hydrogen) atoms. The molecule has 1 heterocycles. The summed E-state index contributed by atoms with van der Waals surface area (Å²) in [5.41, 5.74) is 2.53. The van der Waals surface area contributed by atoms with Crippen LogP contribution in [0, 0.1) is 5.92 Å². The standard InChI is InChI=1S/C32H35NO4S/c1-24(26-20-22-33(23-21-26)28-10-6-3-7-11-28)25-12-16-30(17-13-25)38(35,36)31-18-14-29(15-19-31)37-32(34)27-8-4-2-5-9-27/h2,4-5,8-9,12-19,26,28H,1,3,6-7,10-11,20-23H2. The van der Waals surface area contributed by atoms with Gasteiger partial charge < -0.3 is 9.64 Å². The molecule has 0 atom stereocenters. The number of piperidine rings is 1. The van der Waals surface area contributed by atoms with Gasteiger partial charge in [0.15, 0.2) is 0 Å². The molecule has 1 saturated carbocycles. The highest BCUT2D eigenvalue weighted by Gasteiger charge is 2.28. The van der Waals surface area contributed by atoms with Gasteiger partial charge in [0.25, 0.3) is 0 Å². The maximum atomic E-state index is 13.2. The number of likely N-dealkylation sites (tertiary alicyclic amines) is 1. The summed E-state index contributed by atoms with van der Waals surface area (Å²) in [6.07, 6.45) is 8.99. The molecule has 0 amide bonds. The van der Waals surface area contributed by atoms with Crippen LogP contribution >= 0.6 is 0 Å². The fourth-order valence-corrected chi connectivity index (χ4v) is 6.97. The summed E-state index contributed by atoms with van der Waals surface area (Å²) in [6, 6.07) is 22.4. The average Bonchev–Trinajstić information content (AvgIpc) is 2.98. The maximum absolute atomic E-state index is 13.2. The second-order valence-electron chi connectivity index (χ2n) is 10.4. The fourth-order valence-electron chi connectivity index (χ4n) is 5.71. The van der Waals surface area contributed by atoms with Gasteiger partial charge in [-0.25, -0.2) is 13.2 Å². The molecule has 198 valence electrons. The lowest BCUT2D eigenvalue weighted by molar-refractivity contribution is 0.0734. The molecule has 0 N–H and O–H groups in total. The quantitative estimate of drug-likeness (QED) is 0.249. The Kier molecular flexibility index (Phi) is 8.10. The SMILES string of the molecule is C=C(c1ccc(S(=O)(=O)c2ccc(OC(=O)c3ccccc3)cc2)cc1)C1CCN(C2CCCCC2)CC1. The summed E-state index contributed by atoms with van der Waals surface area (Å²) in [4.78, 5) is 15.3. The van der Waals surface area contributed by atoms with Gasteiger partial charge in [0.1, 0.15) is 5.75 Å². The first-order valence-electron chi connectivity index (χ1n) is 13.6. The maximum Gasteiger partial charge on any atom is 0.343 e. The Labute approximate surface area is 226 Å². The van der Waals surface area contributed by atoms with Crippen molar-refractivity contribution < 1.29 is 17.9 Å². The number of esters is 1. The third-order valence-electron chi connectivity index (χ3n) is 8.00. The van der Waals surface area contributed by atoms with E-state index >= 15 is 0 Å². The number of hydrogen-bond acceptors (Lipinski definition) is 5. The van der Waals surface area contributed by atoms with Gasteiger partial charge in [0.2, 0.25) is 9.84 Å². The van der Waals surface area contributed by atoms with Crippen LogP contribution < -0.4 is 4.74 Å². The highest BCUT2D eigenvalue weighted by Crippen LogP contribution is 2.34. The normalized spacial score (nSPS) is 17.7. The number of nitrogens with zero attached hydrogens (tertiary/aromatic N) is 1. The molecule has 0 bridgehead atoms. The van der Waals surface area contributed by atoms with Crippen LogP contribution in [0.2, 0.25) is 0 Å². The highest BCUT2D eigenvalue weighted by molar-refractivity contribution is 7.91. The number of sulfone groups is 1. The minimum absolute atomic E-state index is 0.152. The van der Waals surface area contributed by atoms with Crippen LogP contribution in [0.4, 0.5) is 0 Å². The Morgan fingerprint density at radius 2 is 1.32 bits per heavy atom. The second kappa shape index (κ2) is 11.7. The van der Waals surface area contributed by atoms with E-state index in [2.05, 4.69) is 11.5 Å². The molecule has 2 fully saturated rings. The lowest BCUT2D eigenvalue weighted by Crippen LogP contribution is -2.42. The van der Waals surface area contributed by atoms with Gasteiger partial charge in [0.05, 0.1) is 15.4 Å². The van der Waals surface area contributed by atoms with E-state index in [1.807, 2.05) is 18.2 Å². The molecule has 3 aromatic carbocycles. The molecule has 1 saturated heterocycles. The molecule has 0 radical (unpaired) electrons. The van der Waals surface area contributed by atoms with E-state index in [9.17, 15) is 13.2 Å². The lowest BCUT2D eigenvalue weighted by Gasteiger charge is -2.39. The van der Waals surface area contributed by atoms with Crippen molar-refractivity contribution in [3.05, 3.63) is 96.6 Å². The number of rotatable bonds is 7. The number of allylic oxidation sites excluding steroid dienone is 1. The van der Waals surface area contributed by atoms with Crippen molar-refractivity contribution in [2.75, 3.05) is 13.1 Å². The highest BCUT2D eigenvalue weighted by atomic mass is 32.2. The smallest absolute Gasteiger partial charge is 0.343 e. The molecule has 5 nitrogen and oxygen atoms in total. The number of carbonyl (C=O) groups excluding carboxylic acids is 1. The van der Waals surface area contributed by atoms with Crippen molar-refractivity contribution in [1.82, 2.24) is 4.90 Å². The minimum Gasteiger partial charge on any atom is -0.423 e. The number of hydrogen-bond donors (Lipinski definition) is 0. The van der Waals surface area contributed by atoms with Gasteiger partial charge in [-0.05, 0) is 104 Å². The topological polar surface area (TPSA) is 63.7 Å². The van der Waals surface area contributed by atoms with Crippen LogP contribution in [0.5, 0.6) is 5.75 Å². The summed E-state index contributed by atoms with van der Waals surface area (Å²) < 4.78 is 31.8. The molecule has 1 aliphatic heterocycles. The molecule has 3 aromatic rings. The van der Waals surface area contributed by atoms with Crippen molar-refractivity contribution in [3.8, 4) is 5.75 Å². The van der Waals surface area contributed by atoms with Gasteiger partial charge >= 0.3 is 5.97 Å². The number of ether oxygens (including phenoxy) is 1. The zero-order valence-electron chi connectivity index (χ0n) is 21.7. The molecule has 0 aromatic heterocycles. The first-order chi connectivity index (χ1) is 18.4. The van der Waals surface area contributed by atoms with Crippen LogP contribution in [0.15, 0.2) is 95.2 Å². The first-order valence-corrected chi connectivity index (χ1v) is 15.1. The lowest BCUT2D eigenvalue weighted by atomic mass is 9.84. The van der Waals surface area contributed by atoms with E-state index in [0.29, 0.717) is 17.2 Å². The van der Waals surface area contributed by atoms with E-state index in [0.717, 1.165) is 43.1 Å². The Balaban J connectivity index is 1.20. The molecule has 0 spiro atoms. The van der Waals surface area contributed by atoms with Crippen molar-refractivity contribution in [3.63, 3.8) is 0 Å². The molecular weight excluding hydrogens is 494 g/mol. The van der Waals surface area contributed by atoms with Gasteiger partial charge in [-0.1, -0.05) is 56.2 Å². The van der Waals surface area contributed by atoms with Crippen LogP contribution in [0.3, 0.4) is 0 Å². The molecular formula is C32H35NO4S. The summed E-state index contributed by atoms with van der Waals surface area (Å²) in [5, 5.41) is 0. The van der Waals surface area contributed by atoms with Crippen molar-refractivity contribution in [2.45, 2.75) is 60.8 Å². The molecule has 0 unspecified atom stereocenters. The van der Waals surface area contributed by atoms with Gasteiger partial charge in [-0.2, -0.15) is 0 Å². The van der Waals surface area contributed by atoms with E-state index in [-0.39, 0.29) is 9.79 Å². The van der Waals surface area contributed by atoms with Crippen molar-refractivity contribution >= 4 is 21.4 Å². The predicted molar refractivity (Wildman–Crippen MR) is 150 cm³/mol. The van der Waals surface area contributed by atoms with Crippen LogP contribution in [-0.2, 0) is 9.84 Å². The monoisotopic (exact) mass is 529 g/mol. The third kappa shape index (κ3) is 5.92. The third-order valence-corrected chi connectivity index (χ3v) is 9.79. The Bertz CT molecular complexity index is 1350. The van der Waals surface area contributed by atoms with Gasteiger partial charge in [-0.15, -0.1) is 0 Å². The molecule has 5 rings (SSSR count). The zero-order valence-corrected chi connectivity index (χ0v) is 22.5. The second-order valence-corrected chi connectivity index (χ2v) is 12.3. The Morgan fingerprint density at radius 1 is 0.737 bits per heavy atom. The largest absolute Gasteiger partial charge is 0.423 e. The van der Waals surface area contributed by atoms with Crippen LogP contribution in [0.1, 0.15) is 60.9 Å². The minimum atomic E-state index is -3.70. The predicted octanol–water partition coefficient (Wildman–Crippen LogP) is 6.80. The van der Waals surface area contributed by atoms with E-state index < -0.39 is 15.8 Å². The van der Waals surface area contributed by atoms with E-state index in [1.165, 1.54) is 56.4 Å². The van der Waals surface area contributed by atoms with Crippen LogP contribution in [0.25, 0.3) is 5.57 Å². The van der Waals surface area contributed by atoms with Crippen molar-refractivity contribution in [1.29, 1.82) is 0 Å². The molecule has 1 aliphatic carbocycles. The fraction of sp³-hybridized carbons (Fsp3) is 0.344. The number of carbonyl (C=O) groups is 1. The van der Waals surface area contributed by atoms with Crippen molar-refractivity contribution in [2.24, 2.45) is 5.92 Å². The Hall–Kier alpha value is -3.22. The summed E-state index contributed by atoms with van der Waals surface area (Å²) >= 11 is 0. The van der Waals surface area contributed by atoms with Gasteiger partial charge in [-0.3, -0.25) is 0 Å². The van der Waals surface area contributed by atoms with E-state index in [1.54, 1.807) is 36.4 Å².